The number of nitrogens with zero attached hydrogens (tertiary/aromatic N) is 2. The Bertz CT molecular complexity index is 407. The third kappa shape index (κ3) is 1.86. The molecule has 0 aliphatic carbocycles. The van der Waals surface area contributed by atoms with Gasteiger partial charge in [-0.25, -0.2) is 4.79 Å². The summed E-state index contributed by atoms with van der Waals surface area (Å²) >= 11 is 0. The first-order valence-electron chi connectivity index (χ1n) is 4.76. The molecule has 1 aliphatic heterocycles. The molecule has 1 fully saturated rings. The van der Waals surface area contributed by atoms with Gasteiger partial charge in [0.25, 0.3) is 0 Å². The minimum absolute atomic E-state index is 0.183. The fourth-order valence-electron chi connectivity index (χ4n) is 1.62. The minimum atomic E-state index is -0.542. The van der Waals surface area contributed by atoms with E-state index in [2.05, 4.69) is 4.98 Å². The van der Waals surface area contributed by atoms with Crippen molar-refractivity contribution in [1.29, 1.82) is 0 Å². The van der Waals surface area contributed by atoms with E-state index in [-0.39, 0.29) is 11.9 Å². The van der Waals surface area contributed by atoms with E-state index in [9.17, 15) is 9.90 Å². The van der Waals surface area contributed by atoms with Crippen LogP contribution < -0.4 is 11.4 Å². The Morgan fingerprint density at radius 1 is 1.73 bits per heavy atom. The summed E-state index contributed by atoms with van der Waals surface area (Å²) in [5.41, 5.74) is 4.91. The topological polar surface area (TPSA) is 90.4 Å². The van der Waals surface area contributed by atoms with Gasteiger partial charge in [0.05, 0.1) is 12.2 Å². The smallest absolute Gasteiger partial charge is 0.351 e. The van der Waals surface area contributed by atoms with E-state index in [1.807, 2.05) is 0 Å². The number of anilines is 1. The fraction of sp³-hybridized carbons (Fsp3) is 0.556. The quantitative estimate of drug-likeness (QED) is 0.653. The van der Waals surface area contributed by atoms with E-state index in [0.717, 1.165) is 0 Å². The van der Waals surface area contributed by atoms with Crippen LogP contribution in [0.2, 0.25) is 0 Å². The Balaban J connectivity index is 2.28. The Kier molecular flexibility index (Phi) is 2.45. The third-order valence-electron chi connectivity index (χ3n) is 2.52. The van der Waals surface area contributed by atoms with Crippen molar-refractivity contribution in [1.82, 2.24) is 9.55 Å². The normalized spacial score (nSPS) is 30.7. The Morgan fingerprint density at radius 2 is 2.47 bits per heavy atom. The lowest BCUT2D eigenvalue weighted by molar-refractivity contribution is -0.0100. The molecule has 0 radical (unpaired) electrons. The monoisotopic (exact) mass is 211 g/mol. The predicted molar refractivity (Wildman–Crippen MR) is 53.1 cm³/mol. The molecule has 1 aliphatic rings. The van der Waals surface area contributed by atoms with Crippen molar-refractivity contribution in [2.75, 3.05) is 5.73 Å². The summed E-state index contributed by atoms with van der Waals surface area (Å²) in [5, 5.41) is 9.49. The molecule has 2 heterocycles. The largest absolute Gasteiger partial charge is 0.390 e. The molecule has 0 bridgehead atoms. The van der Waals surface area contributed by atoms with Crippen molar-refractivity contribution in [2.24, 2.45) is 0 Å². The Morgan fingerprint density at radius 3 is 3.00 bits per heavy atom. The zero-order chi connectivity index (χ0) is 11.0. The van der Waals surface area contributed by atoms with E-state index in [1.165, 1.54) is 16.8 Å². The first kappa shape index (κ1) is 10.1. The predicted octanol–water partition coefficient (Wildman–Crippen LogP) is -0.506. The highest BCUT2D eigenvalue weighted by atomic mass is 16.5. The Hall–Kier alpha value is -1.40. The molecule has 6 nitrogen and oxygen atoms in total. The summed E-state index contributed by atoms with van der Waals surface area (Å²) in [6.45, 7) is 1.76. The van der Waals surface area contributed by atoms with E-state index in [1.54, 1.807) is 6.92 Å². The van der Waals surface area contributed by atoms with Crippen molar-refractivity contribution in [3.8, 4) is 0 Å². The minimum Gasteiger partial charge on any atom is -0.390 e. The van der Waals surface area contributed by atoms with Crippen LogP contribution in [0.3, 0.4) is 0 Å². The lowest BCUT2D eigenvalue weighted by Crippen LogP contribution is -2.27. The van der Waals surface area contributed by atoms with Crippen LogP contribution in [0.4, 0.5) is 5.82 Å². The summed E-state index contributed by atoms with van der Waals surface area (Å²) in [6, 6.07) is 1.53. The van der Waals surface area contributed by atoms with E-state index in [4.69, 9.17) is 10.5 Å². The van der Waals surface area contributed by atoms with E-state index >= 15 is 0 Å². The van der Waals surface area contributed by atoms with Crippen molar-refractivity contribution >= 4 is 5.82 Å². The lowest BCUT2D eigenvalue weighted by Gasteiger charge is -2.12. The molecule has 15 heavy (non-hydrogen) atoms. The molecule has 2 rings (SSSR count). The van der Waals surface area contributed by atoms with Gasteiger partial charge in [-0.2, -0.15) is 4.98 Å². The highest BCUT2D eigenvalue weighted by molar-refractivity contribution is 5.23. The van der Waals surface area contributed by atoms with Gasteiger partial charge in [-0.05, 0) is 13.0 Å². The summed E-state index contributed by atoms with van der Waals surface area (Å²) < 4.78 is 6.75. The van der Waals surface area contributed by atoms with Crippen molar-refractivity contribution < 1.29 is 9.84 Å². The van der Waals surface area contributed by atoms with Gasteiger partial charge in [-0.3, -0.25) is 4.57 Å². The number of ether oxygens (including phenoxy) is 1. The zero-order valence-corrected chi connectivity index (χ0v) is 8.33. The van der Waals surface area contributed by atoms with Crippen LogP contribution in [-0.4, -0.2) is 26.9 Å². The summed E-state index contributed by atoms with van der Waals surface area (Å²) in [7, 11) is 0. The highest BCUT2D eigenvalue weighted by Gasteiger charge is 2.32. The molecule has 0 unspecified atom stereocenters. The zero-order valence-electron chi connectivity index (χ0n) is 8.33. The van der Waals surface area contributed by atoms with Crippen LogP contribution in [0.1, 0.15) is 19.6 Å². The van der Waals surface area contributed by atoms with Crippen LogP contribution >= 0.6 is 0 Å². The first-order chi connectivity index (χ1) is 7.08. The van der Waals surface area contributed by atoms with Crippen LogP contribution in [0, 0.1) is 0 Å². The van der Waals surface area contributed by atoms with Crippen molar-refractivity contribution in [2.45, 2.75) is 31.8 Å². The van der Waals surface area contributed by atoms with Gasteiger partial charge in [-0.15, -0.1) is 0 Å². The molecule has 1 saturated heterocycles. The number of aliphatic hydroxyl groups is 1. The molecule has 1 aromatic rings. The van der Waals surface area contributed by atoms with Crippen LogP contribution in [-0.2, 0) is 4.74 Å². The fourth-order valence-corrected chi connectivity index (χ4v) is 1.62. The van der Waals surface area contributed by atoms with Gasteiger partial charge >= 0.3 is 5.69 Å². The van der Waals surface area contributed by atoms with Gasteiger partial charge in [0.15, 0.2) is 0 Å². The summed E-state index contributed by atoms with van der Waals surface area (Å²) in [5.74, 6) is 0.183. The molecule has 1 aromatic heterocycles. The molecule has 0 aromatic carbocycles. The second kappa shape index (κ2) is 3.63. The maximum atomic E-state index is 11.5. The molecule has 0 amide bonds. The number of hydrogen-bond donors (Lipinski definition) is 2. The Labute approximate surface area is 86.3 Å². The van der Waals surface area contributed by atoms with Gasteiger partial charge < -0.3 is 15.6 Å². The second-order valence-corrected chi connectivity index (χ2v) is 3.64. The maximum absolute atomic E-state index is 11.5. The average Bonchev–Trinajstić information content (AvgIpc) is 2.46. The summed E-state index contributed by atoms with van der Waals surface area (Å²) in [6.07, 6.45) is 0.668. The standard InChI is InChI=1S/C9H13N3O3/c1-5-6(13)4-8(15-5)12-3-2-7(10)11-9(12)14/h2-3,5-6,8,13H,4H2,1H3,(H2,10,11,14)/t5-,6+,8-/m1/s1. The number of rotatable bonds is 1. The van der Waals surface area contributed by atoms with Gasteiger partial charge in [0.1, 0.15) is 12.0 Å². The number of nitrogens with two attached hydrogens (primary N) is 1. The van der Waals surface area contributed by atoms with E-state index < -0.39 is 18.0 Å². The van der Waals surface area contributed by atoms with Crippen LogP contribution in [0.15, 0.2) is 17.1 Å². The molecule has 3 N–H and O–H groups in total. The van der Waals surface area contributed by atoms with Crippen LogP contribution in [0.5, 0.6) is 0 Å². The molecule has 3 atom stereocenters. The molecular weight excluding hydrogens is 198 g/mol. The molecule has 0 spiro atoms. The van der Waals surface area contributed by atoms with Gasteiger partial charge in [-0.1, -0.05) is 0 Å². The number of hydrogen-bond acceptors (Lipinski definition) is 5. The lowest BCUT2D eigenvalue weighted by atomic mass is 10.2. The van der Waals surface area contributed by atoms with Crippen molar-refractivity contribution in [3.05, 3.63) is 22.7 Å². The summed E-state index contributed by atoms with van der Waals surface area (Å²) in [4.78, 5) is 15.0. The number of nitrogen functional groups attached to an aromatic ring is 1. The second-order valence-electron chi connectivity index (χ2n) is 3.64. The molecule has 0 saturated carbocycles. The maximum Gasteiger partial charge on any atom is 0.351 e. The SMILES string of the molecule is C[C@H]1O[C@@H](n2ccc(N)nc2=O)C[C@@H]1O. The average molecular weight is 211 g/mol. The van der Waals surface area contributed by atoms with E-state index in [0.29, 0.717) is 6.42 Å². The van der Waals surface area contributed by atoms with Gasteiger partial charge in [0.2, 0.25) is 0 Å². The van der Waals surface area contributed by atoms with Gasteiger partial charge in [0, 0.05) is 12.6 Å². The molecule has 6 heteroatoms. The molecule has 82 valence electrons. The van der Waals surface area contributed by atoms with Crippen LogP contribution in [0.25, 0.3) is 0 Å². The first-order valence-corrected chi connectivity index (χ1v) is 4.76. The highest BCUT2D eigenvalue weighted by Crippen LogP contribution is 2.26. The molecular formula is C9H13N3O3. The van der Waals surface area contributed by atoms with Crippen molar-refractivity contribution in [3.63, 3.8) is 0 Å². The third-order valence-corrected chi connectivity index (χ3v) is 2.52. The number of aromatic nitrogens is 2. The number of aliphatic hydroxyl groups excluding tert-OH is 1.